The largest absolute Gasteiger partial charge is 0.436 e. The number of morpholine rings is 1. The minimum atomic E-state index is -4.03. The number of nitrogens with zero attached hydrogens (tertiary/aromatic N) is 4. The third-order valence-electron chi connectivity index (χ3n) is 8.21. The minimum absolute atomic E-state index is 0.0160. The second kappa shape index (κ2) is 11.6. The Morgan fingerprint density at radius 3 is 2.61 bits per heavy atom. The molecule has 0 saturated carbocycles. The molecule has 2 fully saturated rings. The highest BCUT2D eigenvalue weighted by molar-refractivity contribution is 7.91. The number of ether oxygens (including phenoxy) is 1. The molecule has 2 unspecified atom stereocenters. The summed E-state index contributed by atoms with van der Waals surface area (Å²) in [5.41, 5.74) is 1.59. The Bertz CT molecular complexity index is 1870. The van der Waals surface area contributed by atoms with Crippen LogP contribution in [0, 0.1) is 12.3 Å². The van der Waals surface area contributed by atoms with E-state index in [2.05, 4.69) is 21.2 Å². The highest BCUT2D eigenvalue weighted by atomic mass is 32.2. The first-order valence-electron chi connectivity index (χ1n) is 14.1. The van der Waals surface area contributed by atoms with Crippen LogP contribution in [0.15, 0.2) is 33.7 Å². The summed E-state index contributed by atoms with van der Waals surface area (Å²) >= 11 is 0. The number of aromatic nitrogens is 2. The van der Waals surface area contributed by atoms with Crippen molar-refractivity contribution >= 4 is 42.6 Å². The van der Waals surface area contributed by atoms with Gasteiger partial charge in [0.25, 0.3) is 15.9 Å². The molecule has 3 aliphatic rings. The highest BCUT2D eigenvalue weighted by Crippen LogP contribution is 2.27. The Kier molecular flexibility index (Phi) is 8.01. The molecule has 3 aliphatic heterocycles. The van der Waals surface area contributed by atoms with Crippen molar-refractivity contribution < 1.29 is 35.6 Å². The van der Waals surface area contributed by atoms with E-state index < -0.39 is 37.2 Å². The van der Waals surface area contributed by atoms with Gasteiger partial charge >= 0.3 is 5.91 Å². The number of aromatic amines is 1. The molecule has 14 nitrogen and oxygen atoms in total. The van der Waals surface area contributed by atoms with E-state index >= 15 is 0 Å². The van der Waals surface area contributed by atoms with Gasteiger partial charge in [0.05, 0.1) is 31.5 Å². The molecule has 5 heterocycles. The quantitative estimate of drug-likeness (QED) is 0.345. The normalized spacial score (nSPS) is 21.6. The van der Waals surface area contributed by atoms with E-state index in [1.165, 1.54) is 15.3 Å². The van der Waals surface area contributed by atoms with Crippen molar-refractivity contribution in [2.24, 2.45) is 0 Å². The number of sulfonamides is 1. The fraction of sp³-hybridized carbons (Fsp3) is 0.464. The molecule has 2 amide bonds. The number of amides is 2. The third-order valence-corrected chi connectivity index (χ3v) is 11.4. The highest BCUT2D eigenvalue weighted by Gasteiger charge is 2.41. The number of rotatable bonds is 6. The number of hydrogen-bond donors (Lipinski definition) is 2. The lowest BCUT2D eigenvalue weighted by atomic mass is 10.1. The van der Waals surface area contributed by atoms with Crippen LogP contribution in [0.25, 0.3) is 10.9 Å². The van der Waals surface area contributed by atoms with Crippen molar-refractivity contribution in [2.45, 2.75) is 35.8 Å². The van der Waals surface area contributed by atoms with Crippen molar-refractivity contribution in [3.63, 3.8) is 0 Å². The molecule has 3 aromatic rings. The van der Waals surface area contributed by atoms with Gasteiger partial charge in [-0.05, 0) is 24.3 Å². The van der Waals surface area contributed by atoms with Crippen molar-refractivity contribution in [1.82, 2.24) is 29.4 Å². The van der Waals surface area contributed by atoms with Gasteiger partial charge in [0.2, 0.25) is 5.91 Å². The van der Waals surface area contributed by atoms with Crippen LogP contribution in [0.2, 0.25) is 0 Å². The molecule has 2 aromatic heterocycles. The predicted molar refractivity (Wildman–Crippen MR) is 158 cm³/mol. The number of hydrogen-bond acceptors (Lipinski definition) is 10. The van der Waals surface area contributed by atoms with Gasteiger partial charge < -0.3 is 23.9 Å². The number of fused-ring (bicyclic) bond motifs is 2. The Labute approximate surface area is 254 Å². The van der Waals surface area contributed by atoms with Gasteiger partial charge in [0, 0.05) is 68.3 Å². The lowest BCUT2D eigenvalue weighted by Crippen LogP contribution is -2.58. The second-order valence-electron chi connectivity index (χ2n) is 11.1. The van der Waals surface area contributed by atoms with Crippen LogP contribution >= 0.6 is 0 Å². The summed E-state index contributed by atoms with van der Waals surface area (Å²) in [5, 5.41) is 2.66. The van der Waals surface area contributed by atoms with Crippen LogP contribution in [0.1, 0.15) is 34.1 Å². The molecule has 0 bridgehead atoms. The molecular weight excluding hydrogens is 612 g/mol. The number of sulfone groups is 1. The number of oxazole rings is 1. The van der Waals surface area contributed by atoms with Crippen LogP contribution in [0.5, 0.6) is 0 Å². The standard InChI is InChI=1S/C28H32N6O8S2/c1-3-18-4-5-21-19(12-18)13-25(30-21)44(39,40)33-6-7-34(20(17-33)14-26(35)32-8-10-41-11-9-32)28(36)27-31-22-15-24(43(2,37)38)29-16-23(22)42-27/h1,4-5,12-13,20,24,29-30H,6-11,14-17H2,2H3. The van der Waals surface area contributed by atoms with E-state index in [1.54, 1.807) is 23.1 Å². The number of carbonyl (C=O) groups excluding carboxylic acids is 2. The fourth-order valence-electron chi connectivity index (χ4n) is 5.76. The maximum atomic E-state index is 13.8. The molecular formula is C28H32N6O8S2. The van der Waals surface area contributed by atoms with Gasteiger partial charge in [0.15, 0.2) is 9.84 Å². The number of benzene rings is 1. The molecule has 44 heavy (non-hydrogen) atoms. The third kappa shape index (κ3) is 5.85. The monoisotopic (exact) mass is 644 g/mol. The van der Waals surface area contributed by atoms with Gasteiger partial charge in [-0.15, -0.1) is 6.42 Å². The average molecular weight is 645 g/mol. The first kappa shape index (κ1) is 30.3. The van der Waals surface area contributed by atoms with E-state index in [4.69, 9.17) is 15.6 Å². The van der Waals surface area contributed by atoms with Crippen molar-refractivity contribution in [3.05, 3.63) is 47.2 Å². The molecule has 2 atom stereocenters. The summed E-state index contributed by atoms with van der Waals surface area (Å²) in [5.74, 6) is 1.84. The molecule has 2 N–H and O–H groups in total. The summed E-state index contributed by atoms with van der Waals surface area (Å²) in [6, 6.07) is 5.85. The summed E-state index contributed by atoms with van der Waals surface area (Å²) in [6.07, 6.45) is 6.54. The van der Waals surface area contributed by atoms with Crippen molar-refractivity contribution in [2.75, 3.05) is 52.2 Å². The summed E-state index contributed by atoms with van der Waals surface area (Å²) in [4.78, 5) is 37.4. The van der Waals surface area contributed by atoms with Gasteiger partial charge in [-0.25, -0.2) is 21.8 Å². The molecule has 0 aliphatic carbocycles. The average Bonchev–Trinajstić information content (AvgIpc) is 3.65. The molecule has 0 radical (unpaired) electrons. The molecule has 2 saturated heterocycles. The topological polar surface area (TPSA) is 175 Å². The lowest BCUT2D eigenvalue weighted by molar-refractivity contribution is -0.136. The van der Waals surface area contributed by atoms with E-state index in [0.29, 0.717) is 54.2 Å². The predicted octanol–water partition coefficient (Wildman–Crippen LogP) is -0.0822. The zero-order chi connectivity index (χ0) is 31.2. The lowest BCUT2D eigenvalue weighted by Gasteiger charge is -2.40. The van der Waals surface area contributed by atoms with Crippen molar-refractivity contribution in [1.29, 1.82) is 0 Å². The first-order valence-corrected chi connectivity index (χ1v) is 17.5. The fourth-order valence-corrected chi connectivity index (χ4v) is 8.09. The zero-order valence-electron chi connectivity index (χ0n) is 24.0. The Morgan fingerprint density at radius 1 is 1.11 bits per heavy atom. The van der Waals surface area contributed by atoms with Gasteiger partial charge in [-0.1, -0.05) is 5.92 Å². The maximum Gasteiger partial charge on any atom is 0.310 e. The first-order chi connectivity index (χ1) is 20.9. The number of terminal acetylenes is 1. The molecule has 234 valence electrons. The van der Waals surface area contributed by atoms with E-state index in [1.807, 2.05) is 0 Å². The Balaban J connectivity index is 1.26. The van der Waals surface area contributed by atoms with Gasteiger partial charge in [-0.2, -0.15) is 4.31 Å². The van der Waals surface area contributed by atoms with Gasteiger partial charge in [-0.3, -0.25) is 14.9 Å². The summed E-state index contributed by atoms with van der Waals surface area (Å²) in [6.45, 7) is 1.50. The number of nitrogens with one attached hydrogen (secondary N) is 2. The number of piperazine rings is 1. The molecule has 6 rings (SSSR count). The smallest absolute Gasteiger partial charge is 0.310 e. The molecule has 16 heteroatoms. The van der Waals surface area contributed by atoms with E-state index in [9.17, 15) is 26.4 Å². The minimum Gasteiger partial charge on any atom is -0.436 e. The van der Waals surface area contributed by atoms with Crippen LogP contribution in [-0.4, -0.2) is 116 Å². The Hall–Kier alpha value is -3.75. The van der Waals surface area contributed by atoms with Crippen LogP contribution in [0.4, 0.5) is 0 Å². The van der Waals surface area contributed by atoms with E-state index in [0.717, 1.165) is 6.26 Å². The maximum absolute atomic E-state index is 13.8. The van der Waals surface area contributed by atoms with Crippen LogP contribution in [-0.2, 0) is 42.4 Å². The van der Waals surface area contributed by atoms with Gasteiger partial charge in [0.1, 0.15) is 16.2 Å². The van der Waals surface area contributed by atoms with Crippen LogP contribution < -0.4 is 5.32 Å². The second-order valence-corrected chi connectivity index (χ2v) is 15.2. The molecule has 1 aromatic carbocycles. The zero-order valence-corrected chi connectivity index (χ0v) is 25.6. The summed E-state index contributed by atoms with van der Waals surface area (Å²) < 4.78 is 64.0. The van der Waals surface area contributed by atoms with E-state index in [-0.39, 0.29) is 55.8 Å². The Morgan fingerprint density at radius 2 is 1.89 bits per heavy atom. The summed E-state index contributed by atoms with van der Waals surface area (Å²) in [7, 11) is -7.44. The number of H-pyrrole nitrogens is 1. The molecule has 0 spiro atoms. The van der Waals surface area contributed by atoms with Crippen LogP contribution in [0.3, 0.4) is 0 Å². The number of carbonyl (C=O) groups is 2. The SMILES string of the molecule is C#Cc1ccc2[nH]c(S(=O)(=O)N3CCN(C(=O)c4nc5c(o4)CNC(S(C)(=O)=O)C5)C(CC(=O)N4CCOCC4)C3)cc2c1. The van der Waals surface area contributed by atoms with Crippen molar-refractivity contribution in [3.8, 4) is 12.3 Å².